The van der Waals surface area contributed by atoms with Crippen molar-refractivity contribution in [1.82, 2.24) is 20.2 Å². The van der Waals surface area contributed by atoms with Crippen molar-refractivity contribution < 1.29 is 9.47 Å². The molecule has 166 valence electrons. The number of halogens is 1. The van der Waals surface area contributed by atoms with Crippen molar-refractivity contribution in [3.63, 3.8) is 0 Å². The van der Waals surface area contributed by atoms with Gasteiger partial charge in [-0.15, -0.1) is 24.0 Å². The fraction of sp³-hybridized carbons (Fsp3) is 0.545. The maximum absolute atomic E-state index is 5.81. The van der Waals surface area contributed by atoms with Gasteiger partial charge in [-0.05, 0) is 37.8 Å². The number of aliphatic imine (C=N–C) groups is 1. The Kier molecular flexibility index (Phi) is 11.2. The Morgan fingerprint density at radius 2 is 2.20 bits per heavy atom. The number of rotatable bonds is 10. The summed E-state index contributed by atoms with van der Waals surface area (Å²) >= 11 is 0. The average molecular weight is 527 g/mol. The summed E-state index contributed by atoms with van der Waals surface area (Å²) in [5.74, 6) is 1.86. The molecule has 1 aromatic heterocycles. The molecule has 0 aliphatic carbocycles. The Morgan fingerprint density at radius 3 is 2.93 bits per heavy atom. The average Bonchev–Trinajstić information content (AvgIpc) is 3.38. The maximum Gasteiger partial charge on any atom is 0.191 e. The van der Waals surface area contributed by atoms with Gasteiger partial charge in [0.05, 0.1) is 19.3 Å². The first-order valence-electron chi connectivity index (χ1n) is 10.5. The largest absolute Gasteiger partial charge is 0.379 e. The molecule has 3 rings (SSSR count). The molecule has 0 spiro atoms. The van der Waals surface area contributed by atoms with E-state index < -0.39 is 0 Å². The summed E-state index contributed by atoms with van der Waals surface area (Å²) in [7, 11) is 0. The second-order valence-corrected chi connectivity index (χ2v) is 7.25. The Labute approximate surface area is 196 Å². The second-order valence-electron chi connectivity index (χ2n) is 7.25. The molecular weight excluding hydrogens is 493 g/mol. The van der Waals surface area contributed by atoms with Gasteiger partial charge < -0.3 is 24.7 Å². The normalized spacial score (nSPS) is 16.3. The lowest BCUT2D eigenvalue weighted by Crippen LogP contribution is -2.38. The smallest absolute Gasteiger partial charge is 0.191 e. The van der Waals surface area contributed by atoms with Crippen LogP contribution in [0.4, 0.5) is 0 Å². The lowest BCUT2D eigenvalue weighted by Gasteiger charge is -2.13. The fourth-order valence-corrected chi connectivity index (χ4v) is 3.28. The van der Waals surface area contributed by atoms with Crippen molar-refractivity contribution in [3.05, 3.63) is 53.6 Å². The summed E-state index contributed by atoms with van der Waals surface area (Å²) < 4.78 is 13.3. The summed E-state index contributed by atoms with van der Waals surface area (Å²) in [5.41, 5.74) is 2.45. The molecule has 0 amide bonds. The van der Waals surface area contributed by atoms with Gasteiger partial charge in [0.2, 0.25) is 0 Å². The first kappa shape index (κ1) is 24.6. The number of guanidine groups is 1. The highest BCUT2D eigenvalue weighted by atomic mass is 127. The van der Waals surface area contributed by atoms with E-state index in [1.165, 1.54) is 11.1 Å². The van der Waals surface area contributed by atoms with E-state index in [-0.39, 0.29) is 30.1 Å². The molecule has 7 nitrogen and oxygen atoms in total. The number of ether oxygens (including phenoxy) is 2. The van der Waals surface area contributed by atoms with E-state index in [9.17, 15) is 0 Å². The number of benzene rings is 1. The highest BCUT2D eigenvalue weighted by molar-refractivity contribution is 14.0. The predicted octanol–water partition coefficient (Wildman–Crippen LogP) is 3.11. The molecule has 1 atom stereocenters. The predicted molar refractivity (Wildman–Crippen MR) is 131 cm³/mol. The van der Waals surface area contributed by atoms with Crippen molar-refractivity contribution in [2.45, 2.75) is 45.9 Å². The number of hydrogen-bond donors (Lipinski definition) is 2. The molecule has 1 unspecified atom stereocenters. The van der Waals surface area contributed by atoms with Gasteiger partial charge in [0.25, 0.3) is 0 Å². The Balaban J connectivity index is 0.00000320. The van der Waals surface area contributed by atoms with Crippen LogP contribution in [0.15, 0.2) is 41.7 Å². The van der Waals surface area contributed by atoms with Gasteiger partial charge in [-0.2, -0.15) is 0 Å². The van der Waals surface area contributed by atoms with E-state index in [2.05, 4.69) is 51.4 Å². The van der Waals surface area contributed by atoms with Crippen LogP contribution in [0.1, 0.15) is 36.7 Å². The first-order chi connectivity index (χ1) is 14.2. The zero-order chi connectivity index (χ0) is 20.3. The minimum Gasteiger partial charge on any atom is -0.379 e. The SMILES string of the molecule is CCNC(=NCc1cccc(Cn2ccnc2C)c1)NCCCOC1CCOC1.I. The van der Waals surface area contributed by atoms with Crippen LogP contribution in [-0.4, -0.2) is 54.5 Å². The molecule has 1 saturated heterocycles. The third-order valence-corrected chi connectivity index (χ3v) is 4.89. The van der Waals surface area contributed by atoms with Crippen molar-refractivity contribution >= 4 is 29.9 Å². The topological polar surface area (TPSA) is 72.7 Å². The van der Waals surface area contributed by atoms with Crippen LogP contribution in [0.5, 0.6) is 0 Å². The highest BCUT2D eigenvalue weighted by Gasteiger charge is 2.15. The van der Waals surface area contributed by atoms with E-state index in [4.69, 9.17) is 14.5 Å². The number of imidazole rings is 1. The van der Waals surface area contributed by atoms with E-state index in [0.29, 0.717) is 6.54 Å². The van der Waals surface area contributed by atoms with Gasteiger partial charge in [0, 0.05) is 45.2 Å². The maximum atomic E-state index is 5.81. The number of nitrogens with zero attached hydrogens (tertiary/aromatic N) is 3. The monoisotopic (exact) mass is 527 g/mol. The minimum atomic E-state index is 0. The second kappa shape index (κ2) is 13.6. The summed E-state index contributed by atoms with van der Waals surface area (Å²) in [6.07, 6.45) is 6.08. The van der Waals surface area contributed by atoms with Crippen LogP contribution in [0.25, 0.3) is 0 Å². The fourth-order valence-electron chi connectivity index (χ4n) is 3.28. The number of nitrogens with one attached hydrogen (secondary N) is 2. The summed E-state index contributed by atoms with van der Waals surface area (Å²) in [5, 5.41) is 6.70. The van der Waals surface area contributed by atoms with Crippen LogP contribution >= 0.6 is 24.0 Å². The zero-order valence-corrected chi connectivity index (χ0v) is 20.3. The van der Waals surface area contributed by atoms with Gasteiger partial charge in [-0.25, -0.2) is 9.98 Å². The van der Waals surface area contributed by atoms with Gasteiger partial charge >= 0.3 is 0 Å². The molecule has 2 N–H and O–H groups in total. The van der Waals surface area contributed by atoms with Crippen LogP contribution in [0.3, 0.4) is 0 Å². The lowest BCUT2D eigenvalue weighted by molar-refractivity contribution is 0.0420. The molecule has 30 heavy (non-hydrogen) atoms. The van der Waals surface area contributed by atoms with Gasteiger partial charge in [-0.3, -0.25) is 0 Å². The molecular formula is C22H34IN5O2. The van der Waals surface area contributed by atoms with Gasteiger partial charge in [-0.1, -0.05) is 24.3 Å². The zero-order valence-electron chi connectivity index (χ0n) is 18.0. The Morgan fingerprint density at radius 1 is 1.33 bits per heavy atom. The Bertz CT molecular complexity index is 774. The minimum absolute atomic E-state index is 0. The summed E-state index contributed by atoms with van der Waals surface area (Å²) in [6, 6.07) is 8.57. The molecule has 1 aliphatic heterocycles. The van der Waals surface area contributed by atoms with E-state index in [1.807, 2.05) is 19.3 Å². The molecule has 2 aromatic rings. The van der Waals surface area contributed by atoms with Crippen LogP contribution in [0, 0.1) is 6.92 Å². The van der Waals surface area contributed by atoms with Crippen molar-refractivity contribution in [2.24, 2.45) is 4.99 Å². The molecule has 1 fully saturated rings. The molecule has 0 radical (unpaired) electrons. The number of hydrogen-bond acceptors (Lipinski definition) is 4. The van der Waals surface area contributed by atoms with Gasteiger partial charge in [0.1, 0.15) is 5.82 Å². The molecule has 2 heterocycles. The van der Waals surface area contributed by atoms with Crippen LogP contribution < -0.4 is 10.6 Å². The Hall–Kier alpha value is -1.65. The summed E-state index contributed by atoms with van der Waals surface area (Å²) in [4.78, 5) is 9.02. The number of aryl methyl sites for hydroxylation is 1. The van der Waals surface area contributed by atoms with E-state index >= 15 is 0 Å². The molecule has 1 aliphatic rings. The molecule has 0 saturated carbocycles. The molecule has 1 aromatic carbocycles. The van der Waals surface area contributed by atoms with Crippen LogP contribution in [-0.2, 0) is 22.6 Å². The standard InChI is InChI=1S/C22H33N5O2.HI/c1-3-23-22(25-9-5-12-29-21-8-13-28-17-21)26-15-19-6-4-7-20(14-19)16-27-11-10-24-18(27)2;/h4,6-7,10-11,14,21H,3,5,8-9,12-13,15-17H2,1-2H3,(H2,23,25,26);1H. The molecule has 0 bridgehead atoms. The molecule has 8 heteroatoms. The van der Waals surface area contributed by atoms with E-state index in [1.54, 1.807) is 0 Å². The van der Waals surface area contributed by atoms with Crippen molar-refractivity contribution in [2.75, 3.05) is 32.9 Å². The third-order valence-electron chi connectivity index (χ3n) is 4.89. The van der Waals surface area contributed by atoms with Gasteiger partial charge in [0.15, 0.2) is 5.96 Å². The lowest BCUT2D eigenvalue weighted by atomic mass is 10.1. The number of aromatic nitrogens is 2. The quantitative estimate of drug-likeness (QED) is 0.215. The van der Waals surface area contributed by atoms with Crippen molar-refractivity contribution in [3.8, 4) is 0 Å². The highest BCUT2D eigenvalue weighted by Crippen LogP contribution is 2.10. The first-order valence-corrected chi connectivity index (χ1v) is 10.5. The summed E-state index contributed by atoms with van der Waals surface area (Å²) in [6.45, 7) is 9.54. The van der Waals surface area contributed by atoms with Crippen molar-refractivity contribution in [1.29, 1.82) is 0 Å². The third kappa shape index (κ3) is 8.23. The van der Waals surface area contributed by atoms with E-state index in [0.717, 1.165) is 64.1 Å². The van der Waals surface area contributed by atoms with Crippen LogP contribution in [0.2, 0.25) is 0 Å².